The molecule has 1 fully saturated rings. The molecule has 0 heterocycles. The fraction of sp³-hybridized carbons (Fsp3) is 0.429. The molecule has 0 spiro atoms. The molecule has 3 heteroatoms. The van der Waals surface area contributed by atoms with Crippen molar-refractivity contribution in [3.63, 3.8) is 0 Å². The van der Waals surface area contributed by atoms with Crippen molar-refractivity contribution in [1.29, 1.82) is 0 Å². The third-order valence-corrected chi connectivity index (χ3v) is 6.30. The molecule has 126 valence electrons. The molecule has 1 saturated carbocycles. The fourth-order valence-electron chi connectivity index (χ4n) is 5.09. The molecule has 0 saturated heterocycles. The van der Waals surface area contributed by atoms with E-state index in [4.69, 9.17) is 0 Å². The summed E-state index contributed by atoms with van der Waals surface area (Å²) >= 11 is 0. The van der Waals surface area contributed by atoms with Crippen LogP contribution in [0.2, 0.25) is 0 Å². The van der Waals surface area contributed by atoms with Crippen LogP contribution in [0.4, 0.5) is 0 Å². The Bertz CT molecular complexity index is 765. The van der Waals surface area contributed by atoms with Crippen molar-refractivity contribution in [3.05, 3.63) is 53.1 Å². The Morgan fingerprint density at radius 3 is 2.33 bits per heavy atom. The van der Waals surface area contributed by atoms with Gasteiger partial charge in [-0.25, -0.2) is 0 Å². The molecule has 3 N–H and O–H groups in total. The second-order valence-electron chi connectivity index (χ2n) is 7.68. The first-order valence-corrected chi connectivity index (χ1v) is 8.83. The first kappa shape index (κ1) is 15.4. The van der Waals surface area contributed by atoms with Gasteiger partial charge in [-0.1, -0.05) is 31.9 Å². The summed E-state index contributed by atoms with van der Waals surface area (Å²) in [6.07, 6.45) is 5.63. The number of benzene rings is 2. The van der Waals surface area contributed by atoms with Crippen LogP contribution < -0.4 is 0 Å². The Labute approximate surface area is 142 Å². The normalized spacial score (nSPS) is 28.9. The summed E-state index contributed by atoms with van der Waals surface area (Å²) < 4.78 is 0. The summed E-state index contributed by atoms with van der Waals surface area (Å²) in [6, 6.07) is 11.1. The SMILES string of the molecule is C[C@]1(c2ccc(O)cc2)Cc2cc(O)c(O)cc2[C@@H]2CCCC[C@@H]21. The summed E-state index contributed by atoms with van der Waals surface area (Å²) in [5.74, 6) is 1.20. The highest BCUT2D eigenvalue weighted by Crippen LogP contribution is 2.55. The molecule has 3 nitrogen and oxygen atoms in total. The van der Waals surface area contributed by atoms with Crippen molar-refractivity contribution in [2.45, 2.75) is 50.4 Å². The van der Waals surface area contributed by atoms with Crippen LogP contribution in [0.3, 0.4) is 0 Å². The van der Waals surface area contributed by atoms with Crippen molar-refractivity contribution in [3.8, 4) is 17.2 Å². The predicted octanol–water partition coefficient (Wildman–Crippen LogP) is 4.59. The van der Waals surface area contributed by atoms with Crippen molar-refractivity contribution >= 4 is 0 Å². The lowest BCUT2D eigenvalue weighted by Crippen LogP contribution is -2.43. The van der Waals surface area contributed by atoms with Gasteiger partial charge in [0.1, 0.15) is 5.75 Å². The number of hydrogen-bond acceptors (Lipinski definition) is 3. The second-order valence-corrected chi connectivity index (χ2v) is 7.68. The van der Waals surface area contributed by atoms with Gasteiger partial charge in [-0.3, -0.25) is 0 Å². The smallest absolute Gasteiger partial charge is 0.157 e. The molecule has 0 aliphatic heterocycles. The largest absolute Gasteiger partial charge is 0.508 e. The van der Waals surface area contributed by atoms with Gasteiger partial charge in [0.2, 0.25) is 0 Å². The monoisotopic (exact) mass is 324 g/mol. The van der Waals surface area contributed by atoms with E-state index >= 15 is 0 Å². The Kier molecular flexibility index (Phi) is 3.48. The summed E-state index contributed by atoms with van der Waals surface area (Å²) in [6.45, 7) is 2.31. The highest BCUT2D eigenvalue weighted by Gasteiger charge is 2.46. The summed E-state index contributed by atoms with van der Waals surface area (Å²) in [5.41, 5.74) is 3.58. The number of fused-ring (bicyclic) bond motifs is 3. The summed E-state index contributed by atoms with van der Waals surface area (Å²) in [7, 11) is 0. The topological polar surface area (TPSA) is 60.7 Å². The van der Waals surface area contributed by atoms with Gasteiger partial charge < -0.3 is 15.3 Å². The molecule has 2 aromatic rings. The minimum absolute atomic E-state index is 0.00805. The third-order valence-electron chi connectivity index (χ3n) is 6.30. The minimum Gasteiger partial charge on any atom is -0.508 e. The quantitative estimate of drug-likeness (QED) is 0.672. The van der Waals surface area contributed by atoms with Crippen molar-refractivity contribution in [2.24, 2.45) is 5.92 Å². The van der Waals surface area contributed by atoms with E-state index in [-0.39, 0.29) is 16.9 Å². The molecule has 4 rings (SSSR count). The van der Waals surface area contributed by atoms with E-state index < -0.39 is 0 Å². The van der Waals surface area contributed by atoms with Gasteiger partial charge in [0.05, 0.1) is 0 Å². The number of rotatable bonds is 1. The number of phenolic OH excluding ortho intramolecular Hbond substituents is 3. The maximum absolute atomic E-state index is 9.97. The lowest BCUT2D eigenvalue weighted by molar-refractivity contribution is 0.168. The molecular weight excluding hydrogens is 300 g/mol. The molecule has 2 aliphatic rings. The zero-order valence-corrected chi connectivity index (χ0v) is 14.0. The average Bonchev–Trinajstić information content (AvgIpc) is 2.58. The minimum atomic E-state index is -0.0314. The van der Waals surface area contributed by atoms with Crippen LogP contribution in [0.5, 0.6) is 17.2 Å². The Morgan fingerprint density at radius 2 is 1.58 bits per heavy atom. The molecule has 0 aromatic heterocycles. The number of phenols is 3. The highest BCUT2D eigenvalue weighted by molar-refractivity contribution is 5.51. The predicted molar refractivity (Wildman–Crippen MR) is 93.6 cm³/mol. The molecule has 0 radical (unpaired) electrons. The van der Waals surface area contributed by atoms with Crippen molar-refractivity contribution in [1.82, 2.24) is 0 Å². The molecule has 0 bridgehead atoms. The molecule has 2 aromatic carbocycles. The zero-order chi connectivity index (χ0) is 16.9. The number of hydrogen-bond donors (Lipinski definition) is 3. The van der Waals surface area contributed by atoms with Gasteiger partial charge in [0.15, 0.2) is 11.5 Å². The van der Waals surface area contributed by atoms with E-state index in [0.717, 1.165) is 18.4 Å². The maximum Gasteiger partial charge on any atom is 0.157 e. The van der Waals surface area contributed by atoms with Crippen LogP contribution in [-0.4, -0.2) is 15.3 Å². The van der Waals surface area contributed by atoms with Crippen LogP contribution in [0.1, 0.15) is 55.2 Å². The molecule has 0 amide bonds. The van der Waals surface area contributed by atoms with Crippen molar-refractivity contribution in [2.75, 3.05) is 0 Å². The van der Waals surface area contributed by atoms with Crippen LogP contribution in [0, 0.1) is 5.92 Å². The molecular formula is C21H24O3. The molecule has 24 heavy (non-hydrogen) atoms. The van der Waals surface area contributed by atoms with Gasteiger partial charge in [0, 0.05) is 0 Å². The second kappa shape index (κ2) is 5.44. The van der Waals surface area contributed by atoms with Crippen LogP contribution in [0.15, 0.2) is 36.4 Å². The van der Waals surface area contributed by atoms with Gasteiger partial charge in [0.25, 0.3) is 0 Å². The molecule has 0 unspecified atom stereocenters. The lowest BCUT2D eigenvalue weighted by atomic mass is 9.54. The Morgan fingerprint density at radius 1 is 0.917 bits per heavy atom. The van der Waals surface area contributed by atoms with E-state index in [1.165, 1.54) is 30.4 Å². The van der Waals surface area contributed by atoms with E-state index in [9.17, 15) is 15.3 Å². The van der Waals surface area contributed by atoms with Gasteiger partial charge in [-0.15, -0.1) is 0 Å². The Balaban J connectivity index is 1.86. The van der Waals surface area contributed by atoms with E-state index in [2.05, 4.69) is 6.92 Å². The van der Waals surface area contributed by atoms with Gasteiger partial charge in [-0.05, 0) is 77.5 Å². The average molecular weight is 324 g/mol. The first-order chi connectivity index (χ1) is 11.5. The summed E-state index contributed by atoms with van der Waals surface area (Å²) in [5, 5.41) is 29.6. The molecule has 3 atom stereocenters. The lowest BCUT2D eigenvalue weighted by Gasteiger charge is -2.50. The third kappa shape index (κ3) is 2.26. The first-order valence-electron chi connectivity index (χ1n) is 8.83. The van der Waals surface area contributed by atoms with Gasteiger partial charge in [-0.2, -0.15) is 0 Å². The maximum atomic E-state index is 9.97. The Hall–Kier alpha value is -2.16. The van der Waals surface area contributed by atoms with E-state index in [0.29, 0.717) is 17.6 Å². The van der Waals surface area contributed by atoms with Gasteiger partial charge >= 0.3 is 0 Å². The van der Waals surface area contributed by atoms with Crippen LogP contribution >= 0.6 is 0 Å². The number of aromatic hydroxyl groups is 3. The van der Waals surface area contributed by atoms with Crippen molar-refractivity contribution < 1.29 is 15.3 Å². The summed E-state index contributed by atoms with van der Waals surface area (Å²) in [4.78, 5) is 0. The van der Waals surface area contributed by atoms with E-state index in [1.54, 1.807) is 24.3 Å². The van der Waals surface area contributed by atoms with Crippen LogP contribution in [-0.2, 0) is 11.8 Å². The standard InChI is InChI=1S/C21H24O3/c1-21(14-6-8-15(22)9-7-14)12-13-10-19(23)20(24)11-17(13)16-4-2-3-5-18(16)21/h6-11,16,18,22-24H,2-5,12H2,1H3/t16-,18-,21+/m0/s1. The van der Waals surface area contributed by atoms with E-state index in [1.807, 2.05) is 12.1 Å². The fourth-order valence-corrected chi connectivity index (χ4v) is 5.09. The molecule has 2 aliphatic carbocycles. The van der Waals surface area contributed by atoms with Crippen LogP contribution in [0.25, 0.3) is 0 Å². The highest BCUT2D eigenvalue weighted by atomic mass is 16.3. The zero-order valence-electron chi connectivity index (χ0n) is 14.0.